The minimum Gasteiger partial charge on any atom is -0.340 e. The van der Waals surface area contributed by atoms with E-state index in [4.69, 9.17) is 28.9 Å². The van der Waals surface area contributed by atoms with E-state index in [1.54, 1.807) is 11.8 Å². The Morgan fingerprint density at radius 3 is 2.48 bits per heavy atom. The standard InChI is InChI=1S/C19H20Cl2N2S.ClH/c1-12-15(7-8-22)16-10-14(24-2)4-6-19(16)23(12)11-13-3-5-17(20)18(21)9-13;/h3-6,9-10H,7-8,11,22H2,1-2H3;1H. The number of thioether (sulfide) groups is 1. The Bertz CT molecular complexity index is 890. The highest BCUT2D eigenvalue weighted by Gasteiger charge is 2.14. The molecule has 0 aliphatic rings. The highest BCUT2D eigenvalue weighted by molar-refractivity contribution is 7.98. The Balaban J connectivity index is 0.00000225. The second-order valence-electron chi connectivity index (χ2n) is 5.82. The number of halogens is 3. The fourth-order valence-electron chi connectivity index (χ4n) is 3.14. The molecule has 0 radical (unpaired) electrons. The van der Waals surface area contributed by atoms with E-state index in [-0.39, 0.29) is 12.4 Å². The molecule has 2 nitrogen and oxygen atoms in total. The van der Waals surface area contributed by atoms with E-state index < -0.39 is 0 Å². The number of hydrogen-bond donors (Lipinski definition) is 1. The van der Waals surface area contributed by atoms with E-state index in [0.717, 1.165) is 18.5 Å². The summed E-state index contributed by atoms with van der Waals surface area (Å²) in [4.78, 5) is 1.27. The van der Waals surface area contributed by atoms with Gasteiger partial charge in [-0.25, -0.2) is 0 Å². The molecule has 1 aromatic heterocycles. The van der Waals surface area contributed by atoms with Crippen LogP contribution in [0.5, 0.6) is 0 Å². The summed E-state index contributed by atoms with van der Waals surface area (Å²) in [5, 5.41) is 2.47. The second-order valence-corrected chi connectivity index (χ2v) is 7.51. The van der Waals surface area contributed by atoms with Crippen molar-refractivity contribution in [3.05, 3.63) is 63.3 Å². The zero-order valence-corrected chi connectivity index (χ0v) is 17.3. The molecule has 0 aliphatic heterocycles. The third-order valence-corrected chi connectivity index (χ3v) is 5.84. The van der Waals surface area contributed by atoms with Crippen LogP contribution < -0.4 is 5.73 Å². The smallest absolute Gasteiger partial charge is 0.0595 e. The van der Waals surface area contributed by atoms with Gasteiger partial charge in [-0.3, -0.25) is 0 Å². The van der Waals surface area contributed by atoms with Gasteiger partial charge in [-0.05, 0) is 67.6 Å². The number of benzene rings is 2. The predicted molar refractivity (Wildman–Crippen MR) is 114 cm³/mol. The Morgan fingerprint density at radius 1 is 1.08 bits per heavy atom. The minimum absolute atomic E-state index is 0. The van der Waals surface area contributed by atoms with Crippen molar-refractivity contribution in [3.8, 4) is 0 Å². The van der Waals surface area contributed by atoms with Crippen molar-refractivity contribution in [3.63, 3.8) is 0 Å². The maximum atomic E-state index is 6.17. The van der Waals surface area contributed by atoms with Crippen LogP contribution in [-0.4, -0.2) is 17.4 Å². The van der Waals surface area contributed by atoms with Gasteiger partial charge in [0.25, 0.3) is 0 Å². The minimum atomic E-state index is 0. The van der Waals surface area contributed by atoms with Crippen molar-refractivity contribution < 1.29 is 0 Å². The van der Waals surface area contributed by atoms with E-state index in [0.29, 0.717) is 16.6 Å². The predicted octanol–water partition coefficient (Wildman–Crippen LogP) is 5.95. The molecule has 134 valence electrons. The summed E-state index contributed by atoms with van der Waals surface area (Å²) in [6.45, 7) is 3.58. The summed E-state index contributed by atoms with van der Waals surface area (Å²) in [7, 11) is 0. The molecule has 0 saturated heterocycles. The lowest BCUT2D eigenvalue weighted by Gasteiger charge is -2.10. The number of aromatic nitrogens is 1. The van der Waals surface area contributed by atoms with E-state index >= 15 is 0 Å². The summed E-state index contributed by atoms with van der Waals surface area (Å²) in [5.41, 5.74) is 10.8. The quantitative estimate of drug-likeness (QED) is 0.522. The number of rotatable bonds is 5. The van der Waals surface area contributed by atoms with Crippen LogP contribution in [0.3, 0.4) is 0 Å². The highest BCUT2D eigenvalue weighted by atomic mass is 35.5. The average Bonchev–Trinajstić information content (AvgIpc) is 2.83. The van der Waals surface area contributed by atoms with Gasteiger partial charge in [0.15, 0.2) is 0 Å². The lowest BCUT2D eigenvalue weighted by Crippen LogP contribution is -2.06. The zero-order chi connectivity index (χ0) is 17.3. The van der Waals surface area contributed by atoms with Crippen LogP contribution in [0, 0.1) is 6.92 Å². The van der Waals surface area contributed by atoms with Crippen LogP contribution in [0.1, 0.15) is 16.8 Å². The van der Waals surface area contributed by atoms with Gasteiger partial charge < -0.3 is 10.3 Å². The van der Waals surface area contributed by atoms with Crippen molar-refractivity contribution >= 4 is 58.3 Å². The zero-order valence-electron chi connectivity index (χ0n) is 14.2. The van der Waals surface area contributed by atoms with Crippen LogP contribution in [0.25, 0.3) is 10.9 Å². The summed E-state index contributed by atoms with van der Waals surface area (Å²) < 4.78 is 2.34. The van der Waals surface area contributed by atoms with Gasteiger partial charge in [-0.1, -0.05) is 29.3 Å². The Labute approximate surface area is 169 Å². The highest BCUT2D eigenvalue weighted by Crippen LogP contribution is 2.31. The van der Waals surface area contributed by atoms with Crippen molar-refractivity contribution in [2.75, 3.05) is 12.8 Å². The number of hydrogen-bond acceptors (Lipinski definition) is 2. The van der Waals surface area contributed by atoms with Crippen LogP contribution in [-0.2, 0) is 13.0 Å². The van der Waals surface area contributed by atoms with E-state index in [2.05, 4.69) is 35.9 Å². The van der Waals surface area contributed by atoms with Gasteiger partial charge in [0.2, 0.25) is 0 Å². The van der Waals surface area contributed by atoms with Gasteiger partial charge in [0, 0.05) is 28.0 Å². The summed E-state index contributed by atoms with van der Waals surface area (Å²) in [6.07, 6.45) is 2.98. The average molecular weight is 416 g/mol. The first-order valence-corrected chi connectivity index (χ1v) is 9.83. The first-order valence-electron chi connectivity index (χ1n) is 7.85. The molecule has 2 aromatic carbocycles. The maximum Gasteiger partial charge on any atom is 0.0595 e. The molecule has 0 aliphatic carbocycles. The van der Waals surface area contributed by atoms with Crippen LogP contribution in [0.15, 0.2) is 41.3 Å². The fourth-order valence-corrected chi connectivity index (χ4v) is 3.90. The lowest BCUT2D eigenvalue weighted by molar-refractivity contribution is 0.792. The molecular formula is C19H21Cl3N2S. The number of nitrogens with two attached hydrogens (primary N) is 1. The summed E-state index contributed by atoms with van der Waals surface area (Å²) >= 11 is 14.0. The van der Waals surface area contributed by atoms with Gasteiger partial charge >= 0.3 is 0 Å². The van der Waals surface area contributed by atoms with Crippen molar-refractivity contribution in [1.82, 2.24) is 4.57 Å². The molecule has 3 rings (SSSR count). The molecule has 0 saturated carbocycles. The molecule has 2 N–H and O–H groups in total. The van der Waals surface area contributed by atoms with Gasteiger partial charge in [0.1, 0.15) is 0 Å². The largest absolute Gasteiger partial charge is 0.340 e. The monoisotopic (exact) mass is 414 g/mol. The Kier molecular flexibility index (Phi) is 7.12. The van der Waals surface area contributed by atoms with Crippen molar-refractivity contribution in [2.24, 2.45) is 5.73 Å². The number of nitrogens with zero attached hydrogens (tertiary/aromatic N) is 1. The molecular weight excluding hydrogens is 395 g/mol. The Hall–Kier alpha value is -0.840. The SMILES string of the molecule is CSc1ccc2c(c1)c(CCN)c(C)n2Cc1ccc(Cl)c(Cl)c1.Cl. The first kappa shape index (κ1) is 20.5. The molecule has 0 spiro atoms. The summed E-state index contributed by atoms with van der Waals surface area (Å²) in [6, 6.07) is 12.5. The molecule has 0 atom stereocenters. The van der Waals surface area contributed by atoms with E-state index in [1.807, 2.05) is 18.2 Å². The maximum absolute atomic E-state index is 6.17. The van der Waals surface area contributed by atoms with E-state index in [1.165, 1.54) is 27.1 Å². The summed E-state index contributed by atoms with van der Waals surface area (Å²) in [5.74, 6) is 0. The third kappa shape index (κ3) is 4.12. The molecule has 0 amide bonds. The van der Waals surface area contributed by atoms with Crippen molar-refractivity contribution in [2.45, 2.75) is 24.8 Å². The fraction of sp³-hybridized carbons (Fsp3) is 0.263. The van der Waals surface area contributed by atoms with Crippen LogP contribution in [0.2, 0.25) is 10.0 Å². The molecule has 6 heteroatoms. The third-order valence-electron chi connectivity index (χ3n) is 4.38. The van der Waals surface area contributed by atoms with Crippen LogP contribution >= 0.6 is 47.4 Å². The van der Waals surface area contributed by atoms with E-state index in [9.17, 15) is 0 Å². The second kappa shape index (κ2) is 8.70. The normalized spacial score (nSPS) is 10.9. The van der Waals surface area contributed by atoms with Crippen LogP contribution in [0.4, 0.5) is 0 Å². The molecule has 0 unspecified atom stereocenters. The Morgan fingerprint density at radius 2 is 1.84 bits per heavy atom. The van der Waals surface area contributed by atoms with Crippen molar-refractivity contribution in [1.29, 1.82) is 0 Å². The molecule has 25 heavy (non-hydrogen) atoms. The van der Waals surface area contributed by atoms with Gasteiger partial charge in [-0.2, -0.15) is 0 Å². The molecule has 0 fully saturated rings. The van der Waals surface area contributed by atoms with Gasteiger partial charge in [0.05, 0.1) is 10.0 Å². The molecule has 0 bridgehead atoms. The topological polar surface area (TPSA) is 30.9 Å². The molecule has 3 aromatic rings. The van der Waals surface area contributed by atoms with Gasteiger partial charge in [-0.15, -0.1) is 24.2 Å². The molecule has 1 heterocycles. The number of fused-ring (bicyclic) bond motifs is 1. The first-order chi connectivity index (χ1) is 11.5. The lowest BCUT2D eigenvalue weighted by atomic mass is 10.1.